The molecule has 1 fully saturated rings. The van der Waals surface area contributed by atoms with Crippen LogP contribution in [0.25, 0.3) is 0 Å². The maximum Gasteiger partial charge on any atom is 0.229 e. The second-order valence-corrected chi connectivity index (χ2v) is 8.80. The SMILES string of the molecule is Cc1cc(O)c(C2C(O)C(c3c(O)cc(NS(C)(=O)=O)cc3O)C2O)c(O)c1. The Kier molecular flexibility index (Phi) is 4.82. The minimum atomic E-state index is -3.64. The molecule has 2 aromatic carbocycles. The fourth-order valence-electron chi connectivity index (χ4n) is 3.73. The number of aryl methyl sites for hydroxylation is 1. The van der Waals surface area contributed by atoms with E-state index in [-0.39, 0.29) is 28.3 Å². The van der Waals surface area contributed by atoms with Crippen LogP contribution in [0, 0.1) is 6.92 Å². The Morgan fingerprint density at radius 1 is 0.786 bits per heavy atom. The second-order valence-electron chi connectivity index (χ2n) is 7.05. The lowest BCUT2D eigenvalue weighted by Gasteiger charge is -2.47. The van der Waals surface area contributed by atoms with Crippen molar-refractivity contribution in [1.29, 1.82) is 0 Å². The molecule has 0 aromatic heterocycles. The first kappa shape index (κ1) is 20.1. The molecule has 2 atom stereocenters. The molecule has 0 aliphatic heterocycles. The quantitative estimate of drug-likeness (QED) is 0.387. The van der Waals surface area contributed by atoms with E-state index in [9.17, 15) is 39.1 Å². The van der Waals surface area contributed by atoms with Gasteiger partial charge in [0.1, 0.15) is 23.0 Å². The van der Waals surface area contributed by atoms with E-state index in [1.165, 1.54) is 12.1 Å². The number of phenolic OH excluding ortho intramolecular Hbond substituents is 4. The third-order valence-electron chi connectivity index (χ3n) is 4.86. The molecule has 0 saturated heterocycles. The van der Waals surface area contributed by atoms with Gasteiger partial charge in [0.15, 0.2) is 0 Å². The van der Waals surface area contributed by atoms with Gasteiger partial charge in [0.05, 0.1) is 24.2 Å². The first-order chi connectivity index (χ1) is 12.9. The van der Waals surface area contributed by atoms with Crippen LogP contribution in [-0.2, 0) is 10.0 Å². The molecule has 0 radical (unpaired) electrons. The van der Waals surface area contributed by atoms with Crippen LogP contribution >= 0.6 is 0 Å². The third kappa shape index (κ3) is 3.41. The van der Waals surface area contributed by atoms with Crippen molar-refractivity contribution < 1.29 is 39.1 Å². The minimum Gasteiger partial charge on any atom is -0.508 e. The van der Waals surface area contributed by atoms with E-state index in [0.717, 1.165) is 18.4 Å². The Hall–Kier alpha value is -2.69. The molecule has 1 saturated carbocycles. The molecule has 0 spiro atoms. The third-order valence-corrected chi connectivity index (χ3v) is 5.47. The molecule has 0 heterocycles. The zero-order chi connectivity index (χ0) is 21.0. The fourth-order valence-corrected chi connectivity index (χ4v) is 4.27. The van der Waals surface area contributed by atoms with Crippen LogP contribution in [0.15, 0.2) is 24.3 Å². The van der Waals surface area contributed by atoms with Crippen molar-refractivity contribution >= 4 is 15.7 Å². The lowest BCUT2D eigenvalue weighted by molar-refractivity contribution is -0.0810. The van der Waals surface area contributed by atoms with Crippen molar-refractivity contribution in [1.82, 2.24) is 0 Å². The summed E-state index contributed by atoms with van der Waals surface area (Å²) in [5, 5.41) is 61.8. The number of phenols is 4. The van der Waals surface area contributed by atoms with E-state index < -0.39 is 45.6 Å². The molecular weight excluding hydrogens is 390 g/mol. The van der Waals surface area contributed by atoms with Crippen molar-refractivity contribution in [3.8, 4) is 23.0 Å². The first-order valence-electron chi connectivity index (χ1n) is 8.33. The van der Waals surface area contributed by atoms with Crippen LogP contribution in [0.1, 0.15) is 28.5 Å². The highest BCUT2D eigenvalue weighted by molar-refractivity contribution is 7.92. The van der Waals surface area contributed by atoms with Gasteiger partial charge >= 0.3 is 0 Å². The average Bonchev–Trinajstić information content (AvgIpc) is 2.52. The summed E-state index contributed by atoms with van der Waals surface area (Å²) in [5.41, 5.74) is 0.301. The van der Waals surface area contributed by atoms with Crippen molar-refractivity contribution in [2.24, 2.45) is 0 Å². The number of nitrogens with one attached hydrogen (secondary N) is 1. The maximum atomic E-state index is 11.3. The number of sulfonamides is 1. The second kappa shape index (κ2) is 6.73. The molecule has 0 bridgehead atoms. The van der Waals surface area contributed by atoms with Crippen LogP contribution in [0.2, 0.25) is 0 Å². The summed E-state index contributed by atoms with van der Waals surface area (Å²) in [4.78, 5) is 0. The van der Waals surface area contributed by atoms with E-state index in [1.807, 2.05) is 0 Å². The number of rotatable bonds is 4. The van der Waals surface area contributed by atoms with E-state index in [1.54, 1.807) is 6.92 Å². The molecule has 152 valence electrons. The Morgan fingerprint density at radius 2 is 1.14 bits per heavy atom. The van der Waals surface area contributed by atoms with Gasteiger partial charge in [0.2, 0.25) is 10.0 Å². The van der Waals surface area contributed by atoms with Gasteiger partial charge in [-0.25, -0.2) is 8.42 Å². The summed E-state index contributed by atoms with van der Waals surface area (Å²) in [6.07, 6.45) is -1.76. The summed E-state index contributed by atoms with van der Waals surface area (Å²) < 4.78 is 24.7. The topological polar surface area (TPSA) is 168 Å². The lowest BCUT2D eigenvalue weighted by atomic mass is 9.62. The van der Waals surface area contributed by atoms with Crippen molar-refractivity contribution in [3.05, 3.63) is 41.0 Å². The van der Waals surface area contributed by atoms with E-state index >= 15 is 0 Å². The maximum absolute atomic E-state index is 11.3. The monoisotopic (exact) mass is 411 g/mol. The number of benzene rings is 2. The molecule has 2 aromatic rings. The Morgan fingerprint density at radius 3 is 1.50 bits per heavy atom. The standard InChI is InChI=1S/C18H21NO8S/c1-7-3-9(20)13(10(21)4-7)15-17(24)16(18(15)25)14-11(22)5-8(6-12(14)23)19-28(2,26)27/h3-6,15-25H,1-2H3. The fraction of sp³-hybridized carbons (Fsp3) is 0.333. The largest absolute Gasteiger partial charge is 0.508 e. The van der Waals surface area contributed by atoms with Crippen molar-refractivity contribution in [3.63, 3.8) is 0 Å². The number of anilines is 1. The van der Waals surface area contributed by atoms with Gasteiger partial charge in [0.25, 0.3) is 0 Å². The number of hydrogen-bond acceptors (Lipinski definition) is 8. The van der Waals surface area contributed by atoms with Gasteiger partial charge < -0.3 is 30.6 Å². The average molecular weight is 411 g/mol. The van der Waals surface area contributed by atoms with Crippen LogP contribution in [-0.4, -0.2) is 57.5 Å². The van der Waals surface area contributed by atoms with Crippen LogP contribution < -0.4 is 4.72 Å². The summed E-state index contributed by atoms with van der Waals surface area (Å²) in [5.74, 6) is -3.79. The highest BCUT2D eigenvalue weighted by Gasteiger charge is 2.54. The zero-order valence-corrected chi connectivity index (χ0v) is 15.8. The number of aliphatic hydroxyl groups is 2. The molecule has 1 aliphatic carbocycles. The van der Waals surface area contributed by atoms with Crippen LogP contribution in [0.5, 0.6) is 23.0 Å². The molecule has 28 heavy (non-hydrogen) atoms. The van der Waals surface area contributed by atoms with Gasteiger partial charge in [-0.1, -0.05) is 0 Å². The minimum absolute atomic E-state index is 0.0313. The molecule has 10 heteroatoms. The highest BCUT2D eigenvalue weighted by atomic mass is 32.2. The van der Waals surface area contributed by atoms with Crippen LogP contribution in [0.3, 0.4) is 0 Å². The predicted octanol–water partition coefficient (Wildman–Crippen LogP) is 0.792. The Labute approximate surface area is 161 Å². The predicted molar refractivity (Wildman–Crippen MR) is 100 cm³/mol. The molecule has 7 N–H and O–H groups in total. The first-order valence-corrected chi connectivity index (χ1v) is 10.2. The normalized spacial score (nSPS) is 24.6. The van der Waals surface area contributed by atoms with Gasteiger partial charge in [0, 0.05) is 35.1 Å². The molecule has 3 rings (SSSR count). The molecule has 1 aliphatic rings. The van der Waals surface area contributed by atoms with Crippen molar-refractivity contribution in [2.75, 3.05) is 11.0 Å². The van der Waals surface area contributed by atoms with Gasteiger partial charge in [-0.3, -0.25) is 4.72 Å². The zero-order valence-electron chi connectivity index (χ0n) is 15.0. The number of aromatic hydroxyl groups is 4. The van der Waals surface area contributed by atoms with E-state index in [4.69, 9.17) is 0 Å². The van der Waals surface area contributed by atoms with Gasteiger partial charge in [-0.2, -0.15) is 0 Å². The van der Waals surface area contributed by atoms with Gasteiger partial charge in [-0.05, 0) is 24.6 Å². The highest BCUT2D eigenvalue weighted by Crippen LogP contribution is 2.56. The van der Waals surface area contributed by atoms with Crippen LogP contribution in [0.4, 0.5) is 5.69 Å². The summed E-state index contributed by atoms with van der Waals surface area (Å²) in [6.45, 7) is 1.65. The smallest absolute Gasteiger partial charge is 0.229 e. The lowest BCUT2D eigenvalue weighted by Crippen LogP contribution is -2.51. The van der Waals surface area contributed by atoms with E-state index in [0.29, 0.717) is 5.56 Å². The van der Waals surface area contributed by atoms with Crippen molar-refractivity contribution in [2.45, 2.75) is 31.0 Å². The number of hydrogen-bond donors (Lipinski definition) is 7. The molecule has 2 unspecified atom stereocenters. The summed E-state index contributed by atoms with van der Waals surface area (Å²) in [6, 6.07) is 4.85. The molecule has 9 nitrogen and oxygen atoms in total. The Balaban J connectivity index is 1.95. The number of aliphatic hydroxyl groups excluding tert-OH is 2. The summed E-state index contributed by atoms with van der Waals surface area (Å²) >= 11 is 0. The Bertz CT molecular complexity index is 980. The van der Waals surface area contributed by atoms with E-state index in [2.05, 4.69) is 4.72 Å². The summed E-state index contributed by atoms with van der Waals surface area (Å²) in [7, 11) is -3.64. The van der Waals surface area contributed by atoms with Gasteiger partial charge in [-0.15, -0.1) is 0 Å². The molecular formula is C18H21NO8S. The molecule has 0 amide bonds.